The van der Waals surface area contributed by atoms with Gasteiger partial charge in [0.25, 0.3) is 5.56 Å². The Hall–Kier alpha value is -2.52. The highest BCUT2D eigenvalue weighted by molar-refractivity contribution is 7.18. The van der Waals surface area contributed by atoms with Gasteiger partial charge < -0.3 is 0 Å². The molecule has 0 unspecified atom stereocenters. The maximum absolute atomic E-state index is 12.5. The molecule has 0 aliphatic carbocycles. The minimum Gasteiger partial charge on any atom is -0.267 e. The number of hydrogen-bond donors (Lipinski definition) is 0. The second kappa shape index (κ2) is 5.11. The summed E-state index contributed by atoms with van der Waals surface area (Å²) in [6, 6.07) is 9.23. The fourth-order valence-corrected chi connectivity index (χ4v) is 3.18. The van der Waals surface area contributed by atoms with Crippen molar-refractivity contribution in [1.82, 2.24) is 15.0 Å². The minimum absolute atomic E-state index is 0.135. The van der Waals surface area contributed by atoms with Crippen molar-refractivity contribution in [3.63, 3.8) is 0 Å². The van der Waals surface area contributed by atoms with Crippen molar-refractivity contribution < 1.29 is 0 Å². The van der Waals surface area contributed by atoms with Gasteiger partial charge >= 0.3 is 0 Å². The molecule has 0 fully saturated rings. The van der Waals surface area contributed by atoms with E-state index in [1.165, 1.54) is 16.0 Å². The molecule has 104 valence electrons. The quantitative estimate of drug-likeness (QED) is 0.728. The molecule has 0 atom stereocenters. The highest BCUT2D eigenvalue weighted by Crippen LogP contribution is 2.25. The summed E-state index contributed by atoms with van der Waals surface area (Å²) in [5.74, 6) is 0. The van der Waals surface area contributed by atoms with Crippen LogP contribution in [0.3, 0.4) is 0 Å². The number of benzene rings is 1. The van der Waals surface area contributed by atoms with Gasteiger partial charge in [0.2, 0.25) is 0 Å². The van der Waals surface area contributed by atoms with Crippen molar-refractivity contribution in [3.05, 3.63) is 56.2 Å². The lowest BCUT2D eigenvalue weighted by molar-refractivity contribution is 0.601. The topological polar surface area (TPSA) is 71.6 Å². The Morgan fingerprint density at radius 3 is 2.95 bits per heavy atom. The van der Waals surface area contributed by atoms with Gasteiger partial charge in [-0.05, 0) is 37.1 Å². The Kier molecular flexibility index (Phi) is 3.28. The standard InChI is InChI=1S/C15H12N4OS/c1-9-10(2)21-14-13(9)15(20)19(18-17-14)8-12-5-3-4-11(6-12)7-16/h3-6H,8H2,1-2H3. The van der Waals surface area contributed by atoms with E-state index in [1.54, 1.807) is 18.2 Å². The van der Waals surface area contributed by atoms with E-state index in [-0.39, 0.29) is 5.56 Å². The first kappa shape index (κ1) is 13.5. The van der Waals surface area contributed by atoms with E-state index in [9.17, 15) is 4.79 Å². The molecule has 5 nitrogen and oxygen atoms in total. The lowest BCUT2D eigenvalue weighted by Gasteiger charge is -2.04. The summed E-state index contributed by atoms with van der Waals surface area (Å²) in [5.41, 5.74) is 2.25. The molecule has 0 N–H and O–H groups in total. The van der Waals surface area contributed by atoms with E-state index in [0.717, 1.165) is 16.0 Å². The second-order valence-electron chi connectivity index (χ2n) is 4.83. The molecule has 3 rings (SSSR count). The molecule has 0 spiro atoms. The Morgan fingerprint density at radius 2 is 2.19 bits per heavy atom. The summed E-state index contributed by atoms with van der Waals surface area (Å²) in [4.78, 5) is 14.3. The van der Waals surface area contributed by atoms with Gasteiger partial charge in [0.05, 0.1) is 23.6 Å². The maximum atomic E-state index is 12.5. The average Bonchev–Trinajstić information content (AvgIpc) is 2.78. The third kappa shape index (κ3) is 2.32. The van der Waals surface area contributed by atoms with E-state index < -0.39 is 0 Å². The van der Waals surface area contributed by atoms with Crippen molar-refractivity contribution in [1.29, 1.82) is 5.26 Å². The molecule has 0 radical (unpaired) electrons. The minimum atomic E-state index is -0.135. The summed E-state index contributed by atoms with van der Waals surface area (Å²) in [5, 5.41) is 17.7. The highest BCUT2D eigenvalue weighted by atomic mass is 32.1. The Morgan fingerprint density at radius 1 is 1.38 bits per heavy atom. The van der Waals surface area contributed by atoms with Gasteiger partial charge in [-0.3, -0.25) is 4.79 Å². The lowest BCUT2D eigenvalue weighted by Crippen LogP contribution is -2.24. The molecule has 0 bridgehead atoms. The van der Waals surface area contributed by atoms with Crippen LogP contribution in [-0.4, -0.2) is 15.0 Å². The molecule has 0 amide bonds. The third-order valence-electron chi connectivity index (χ3n) is 3.45. The first-order chi connectivity index (χ1) is 10.1. The average molecular weight is 296 g/mol. The van der Waals surface area contributed by atoms with E-state index in [1.807, 2.05) is 19.9 Å². The summed E-state index contributed by atoms with van der Waals surface area (Å²) < 4.78 is 1.35. The van der Waals surface area contributed by atoms with Crippen LogP contribution < -0.4 is 5.56 Å². The normalized spacial score (nSPS) is 10.7. The fraction of sp³-hybridized carbons (Fsp3) is 0.200. The van der Waals surface area contributed by atoms with Crippen LogP contribution in [0, 0.1) is 25.2 Å². The van der Waals surface area contributed by atoms with Crippen molar-refractivity contribution >= 4 is 21.6 Å². The highest BCUT2D eigenvalue weighted by Gasteiger charge is 2.13. The van der Waals surface area contributed by atoms with Crippen LogP contribution in [0.25, 0.3) is 10.2 Å². The summed E-state index contributed by atoms with van der Waals surface area (Å²) >= 11 is 1.48. The number of nitrogens with zero attached hydrogens (tertiary/aromatic N) is 4. The predicted octanol–water partition coefficient (Wildman–Crippen LogP) is 2.39. The molecule has 0 aliphatic rings. The zero-order valence-electron chi connectivity index (χ0n) is 11.6. The van der Waals surface area contributed by atoms with Crippen molar-refractivity contribution in [2.24, 2.45) is 0 Å². The molecular weight excluding hydrogens is 284 g/mol. The summed E-state index contributed by atoms with van der Waals surface area (Å²) in [6.07, 6.45) is 0. The largest absolute Gasteiger partial charge is 0.279 e. The monoisotopic (exact) mass is 296 g/mol. The van der Waals surface area contributed by atoms with Gasteiger partial charge in [-0.15, -0.1) is 16.4 Å². The number of rotatable bonds is 2. The lowest BCUT2D eigenvalue weighted by atomic mass is 10.1. The molecule has 0 aliphatic heterocycles. The summed E-state index contributed by atoms with van der Waals surface area (Å²) in [7, 11) is 0. The summed E-state index contributed by atoms with van der Waals surface area (Å²) in [6.45, 7) is 4.21. The number of fused-ring (bicyclic) bond motifs is 1. The Balaban J connectivity index is 2.09. The first-order valence-electron chi connectivity index (χ1n) is 6.42. The van der Waals surface area contributed by atoms with Gasteiger partial charge in [0.15, 0.2) is 4.83 Å². The second-order valence-corrected chi connectivity index (χ2v) is 6.03. The zero-order valence-corrected chi connectivity index (χ0v) is 12.4. The van der Waals surface area contributed by atoms with Crippen LogP contribution in [-0.2, 0) is 6.54 Å². The van der Waals surface area contributed by atoms with Gasteiger partial charge in [-0.1, -0.05) is 17.3 Å². The maximum Gasteiger partial charge on any atom is 0.279 e. The van der Waals surface area contributed by atoms with Crippen LogP contribution in [0.1, 0.15) is 21.6 Å². The molecule has 1 aromatic carbocycles. The van der Waals surface area contributed by atoms with Gasteiger partial charge in [-0.2, -0.15) is 5.26 Å². The molecule has 0 saturated heterocycles. The SMILES string of the molecule is Cc1sc2nnn(Cc3cccc(C#N)c3)c(=O)c2c1C. The molecule has 6 heteroatoms. The van der Waals surface area contributed by atoms with E-state index >= 15 is 0 Å². The van der Waals surface area contributed by atoms with Crippen LogP contribution in [0.5, 0.6) is 0 Å². The number of thiophene rings is 1. The van der Waals surface area contributed by atoms with Crippen molar-refractivity contribution in [2.45, 2.75) is 20.4 Å². The van der Waals surface area contributed by atoms with Gasteiger partial charge in [0, 0.05) is 4.88 Å². The van der Waals surface area contributed by atoms with Crippen LogP contribution in [0.2, 0.25) is 0 Å². The van der Waals surface area contributed by atoms with Crippen LogP contribution >= 0.6 is 11.3 Å². The zero-order chi connectivity index (χ0) is 15.0. The van der Waals surface area contributed by atoms with Gasteiger partial charge in [0.1, 0.15) is 0 Å². The smallest absolute Gasteiger partial charge is 0.267 e. The van der Waals surface area contributed by atoms with Crippen molar-refractivity contribution in [3.8, 4) is 6.07 Å². The van der Waals surface area contributed by atoms with E-state index in [4.69, 9.17) is 5.26 Å². The number of hydrogen-bond acceptors (Lipinski definition) is 5. The first-order valence-corrected chi connectivity index (χ1v) is 7.24. The molecule has 3 aromatic rings. The van der Waals surface area contributed by atoms with Gasteiger partial charge in [-0.25, -0.2) is 4.68 Å². The molecule has 2 heterocycles. The predicted molar refractivity (Wildman–Crippen MR) is 81.4 cm³/mol. The Labute approximate surface area is 125 Å². The number of nitriles is 1. The Bertz CT molecular complexity index is 933. The number of aromatic nitrogens is 3. The molecule has 2 aromatic heterocycles. The molecule has 0 saturated carbocycles. The van der Waals surface area contributed by atoms with Crippen LogP contribution in [0.4, 0.5) is 0 Å². The fourth-order valence-electron chi connectivity index (χ4n) is 2.21. The van der Waals surface area contributed by atoms with E-state index in [0.29, 0.717) is 22.3 Å². The third-order valence-corrected chi connectivity index (χ3v) is 4.54. The van der Waals surface area contributed by atoms with Crippen LogP contribution in [0.15, 0.2) is 29.1 Å². The molecular formula is C15H12N4OS. The van der Waals surface area contributed by atoms with Crippen molar-refractivity contribution in [2.75, 3.05) is 0 Å². The van der Waals surface area contributed by atoms with E-state index in [2.05, 4.69) is 16.4 Å². The molecule has 21 heavy (non-hydrogen) atoms. The number of aryl methyl sites for hydroxylation is 2.